The van der Waals surface area contributed by atoms with Crippen molar-refractivity contribution in [3.05, 3.63) is 52.0 Å². The number of nitrogens with zero attached hydrogens (tertiary/aromatic N) is 4. The number of benzene rings is 1. The van der Waals surface area contributed by atoms with Crippen molar-refractivity contribution in [1.29, 1.82) is 0 Å². The summed E-state index contributed by atoms with van der Waals surface area (Å²) >= 11 is 1.23. The lowest BCUT2D eigenvalue weighted by Gasteiger charge is -2.10. The first kappa shape index (κ1) is 22.8. The Bertz CT molecular complexity index is 1190. The van der Waals surface area contributed by atoms with E-state index in [1.165, 1.54) is 24.5 Å². The number of rotatable bonds is 8. The van der Waals surface area contributed by atoms with Crippen LogP contribution in [0.15, 0.2) is 30.6 Å². The van der Waals surface area contributed by atoms with E-state index in [1.807, 2.05) is 11.6 Å². The number of thiazole rings is 1. The Morgan fingerprint density at radius 1 is 1.38 bits per heavy atom. The first-order valence-corrected chi connectivity index (χ1v) is 9.76. The number of amides is 1. The van der Waals surface area contributed by atoms with Crippen molar-refractivity contribution in [2.24, 2.45) is 7.05 Å². The van der Waals surface area contributed by atoms with Gasteiger partial charge in [-0.05, 0) is 19.1 Å². The number of imidazole rings is 1. The minimum Gasteiger partial charge on any atom is -0.493 e. The molecule has 1 amide bonds. The van der Waals surface area contributed by atoms with Gasteiger partial charge in [0.25, 0.3) is 5.69 Å². The summed E-state index contributed by atoms with van der Waals surface area (Å²) in [5.74, 6) is -0.529. The van der Waals surface area contributed by atoms with Crippen LogP contribution in [0.3, 0.4) is 0 Å². The Labute approximate surface area is 184 Å². The molecular weight excluding hydrogens is 448 g/mol. The molecule has 0 saturated heterocycles. The lowest BCUT2D eigenvalue weighted by atomic mass is 10.1. The number of halogens is 2. The third-order valence-corrected chi connectivity index (χ3v) is 5.26. The van der Waals surface area contributed by atoms with E-state index < -0.39 is 28.9 Å². The summed E-state index contributed by atoms with van der Waals surface area (Å²) in [5.41, 5.74) is 0.110. The fourth-order valence-corrected chi connectivity index (χ4v) is 3.77. The van der Waals surface area contributed by atoms with Gasteiger partial charge in [-0.2, -0.15) is 8.78 Å². The number of alkyl halides is 2. The number of carbonyl (C=O) groups excluding carboxylic acids is 1. The van der Waals surface area contributed by atoms with Gasteiger partial charge >= 0.3 is 6.61 Å². The van der Waals surface area contributed by atoms with Crippen molar-refractivity contribution in [2.75, 3.05) is 12.4 Å². The van der Waals surface area contributed by atoms with Gasteiger partial charge < -0.3 is 14.0 Å². The van der Waals surface area contributed by atoms with Gasteiger partial charge in [-0.15, -0.1) is 0 Å². The van der Waals surface area contributed by atoms with Crippen LogP contribution in [0.2, 0.25) is 0 Å². The zero-order chi connectivity index (χ0) is 23.4. The van der Waals surface area contributed by atoms with E-state index >= 15 is 0 Å². The van der Waals surface area contributed by atoms with E-state index in [4.69, 9.17) is 4.74 Å². The van der Waals surface area contributed by atoms with Crippen molar-refractivity contribution >= 4 is 34.1 Å². The number of nitro benzene ring substituents is 1. The number of ether oxygens (including phenoxy) is 2. The predicted molar refractivity (Wildman–Crippen MR) is 113 cm³/mol. The number of hydrogen-bond acceptors (Lipinski definition) is 8. The van der Waals surface area contributed by atoms with Crippen LogP contribution in [0.4, 0.5) is 19.6 Å². The molecule has 13 heteroatoms. The van der Waals surface area contributed by atoms with E-state index in [9.17, 15) is 23.7 Å². The zero-order valence-electron chi connectivity index (χ0n) is 17.0. The number of methoxy groups -OCH3 is 1. The van der Waals surface area contributed by atoms with Crippen LogP contribution in [0.5, 0.6) is 11.5 Å². The van der Waals surface area contributed by atoms with Crippen LogP contribution < -0.4 is 14.8 Å². The Balaban J connectivity index is 1.82. The summed E-state index contributed by atoms with van der Waals surface area (Å²) in [4.78, 5) is 32.2. The highest BCUT2D eigenvalue weighted by Crippen LogP contribution is 2.36. The van der Waals surface area contributed by atoms with Crippen LogP contribution in [-0.4, -0.2) is 39.1 Å². The molecule has 3 rings (SSSR count). The van der Waals surface area contributed by atoms with Gasteiger partial charge in [0.15, 0.2) is 22.5 Å². The Hall–Kier alpha value is -3.87. The Morgan fingerprint density at radius 3 is 2.72 bits per heavy atom. The molecule has 10 nitrogen and oxygen atoms in total. The minimum atomic E-state index is -3.19. The fraction of sp³-hybridized carbons (Fsp3) is 0.211. The van der Waals surface area contributed by atoms with Crippen LogP contribution in [-0.2, 0) is 11.8 Å². The number of nitrogens with one attached hydrogen (secondary N) is 1. The van der Waals surface area contributed by atoms with E-state index in [0.717, 1.165) is 23.1 Å². The molecule has 0 bridgehead atoms. The van der Waals surface area contributed by atoms with Gasteiger partial charge in [0, 0.05) is 25.5 Å². The predicted octanol–water partition coefficient (Wildman–Crippen LogP) is 4.02. The van der Waals surface area contributed by atoms with E-state index in [2.05, 4.69) is 20.0 Å². The molecule has 0 fully saturated rings. The number of anilines is 1. The molecule has 0 atom stereocenters. The monoisotopic (exact) mass is 465 g/mol. The average molecular weight is 465 g/mol. The van der Waals surface area contributed by atoms with E-state index in [1.54, 1.807) is 19.3 Å². The lowest BCUT2D eigenvalue weighted by Crippen LogP contribution is -2.07. The van der Waals surface area contributed by atoms with Gasteiger partial charge in [-0.25, -0.2) is 9.97 Å². The van der Waals surface area contributed by atoms with Crippen LogP contribution in [0, 0.1) is 17.0 Å². The van der Waals surface area contributed by atoms with Gasteiger partial charge in [0.2, 0.25) is 5.91 Å². The Morgan fingerprint density at radius 2 is 2.12 bits per heavy atom. The molecule has 1 N–H and O–H groups in total. The first-order valence-electron chi connectivity index (χ1n) is 8.95. The molecule has 0 radical (unpaired) electrons. The molecule has 0 unspecified atom stereocenters. The summed E-state index contributed by atoms with van der Waals surface area (Å²) < 4.78 is 36.1. The van der Waals surface area contributed by atoms with E-state index in [-0.39, 0.29) is 11.3 Å². The third-order valence-electron chi connectivity index (χ3n) is 4.19. The topological polar surface area (TPSA) is 121 Å². The van der Waals surface area contributed by atoms with Gasteiger partial charge in [0.05, 0.1) is 34.2 Å². The van der Waals surface area contributed by atoms with Crippen LogP contribution in [0.25, 0.3) is 16.8 Å². The molecule has 1 aromatic carbocycles. The molecule has 2 aromatic heterocycles. The number of aryl methyl sites for hydroxylation is 2. The normalized spacial score (nSPS) is 11.2. The number of nitro groups is 1. The molecule has 0 aliphatic rings. The summed E-state index contributed by atoms with van der Waals surface area (Å²) in [6, 6.07) is 1.94. The number of carbonyl (C=O) groups is 1. The Kier molecular flexibility index (Phi) is 6.78. The van der Waals surface area contributed by atoms with Crippen molar-refractivity contribution in [1.82, 2.24) is 14.5 Å². The molecule has 0 saturated carbocycles. The van der Waals surface area contributed by atoms with Crippen LogP contribution in [0.1, 0.15) is 11.3 Å². The highest BCUT2D eigenvalue weighted by molar-refractivity contribution is 7.19. The summed E-state index contributed by atoms with van der Waals surface area (Å²) in [6.07, 6.45) is 5.66. The number of hydrogen-bond donors (Lipinski definition) is 1. The minimum absolute atomic E-state index is 0.0346. The van der Waals surface area contributed by atoms with Crippen molar-refractivity contribution < 1.29 is 28.0 Å². The molecule has 0 aliphatic heterocycles. The molecular formula is C19H17F2N5O5S. The summed E-state index contributed by atoms with van der Waals surface area (Å²) in [5, 5.41) is 14.3. The van der Waals surface area contributed by atoms with Crippen molar-refractivity contribution in [3.63, 3.8) is 0 Å². The molecule has 2 heterocycles. The highest BCUT2D eigenvalue weighted by Gasteiger charge is 2.21. The maximum atomic E-state index is 12.5. The van der Waals surface area contributed by atoms with Crippen LogP contribution >= 0.6 is 11.3 Å². The maximum Gasteiger partial charge on any atom is 0.387 e. The van der Waals surface area contributed by atoms with Crippen molar-refractivity contribution in [3.8, 4) is 22.2 Å². The molecule has 0 aliphatic carbocycles. The molecule has 3 aromatic rings. The fourth-order valence-electron chi connectivity index (χ4n) is 2.76. The molecule has 0 spiro atoms. The largest absolute Gasteiger partial charge is 0.493 e. The second kappa shape index (κ2) is 9.51. The first-order chi connectivity index (χ1) is 15.2. The van der Waals surface area contributed by atoms with Crippen molar-refractivity contribution in [2.45, 2.75) is 13.5 Å². The maximum absolute atomic E-state index is 12.5. The van der Waals surface area contributed by atoms with Gasteiger partial charge in [-0.3, -0.25) is 20.2 Å². The summed E-state index contributed by atoms with van der Waals surface area (Å²) in [7, 11) is 3.03. The quantitative estimate of drug-likeness (QED) is 0.303. The second-order valence-corrected chi connectivity index (χ2v) is 7.31. The molecule has 32 heavy (non-hydrogen) atoms. The second-order valence-electron chi connectivity index (χ2n) is 6.32. The SMILES string of the molecule is COc1cc(/C=C/C(=O)Nc2nc(C)c(-c3nccn3C)s2)c([N+](=O)[O-])cc1OC(F)F. The third kappa shape index (κ3) is 5.06. The van der Waals surface area contributed by atoms with Gasteiger partial charge in [-0.1, -0.05) is 11.3 Å². The smallest absolute Gasteiger partial charge is 0.387 e. The standard InChI is InChI=1S/C19H17F2N5O5S/c1-10-16(17-22-6-7-25(17)2)32-19(23-10)24-15(27)5-4-11-8-13(30-3)14(31-18(20)21)9-12(11)26(28)29/h4-9,18H,1-3H3,(H,23,24,27)/b5-4+. The average Bonchev–Trinajstić information content (AvgIpc) is 3.30. The van der Waals surface area contributed by atoms with Gasteiger partial charge in [0.1, 0.15) is 0 Å². The zero-order valence-corrected chi connectivity index (χ0v) is 17.9. The lowest BCUT2D eigenvalue weighted by molar-refractivity contribution is -0.385. The summed E-state index contributed by atoms with van der Waals surface area (Å²) in [6.45, 7) is -1.40. The highest BCUT2D eigenvalue weighted by atomic mass is 32.1. The van der Waals surface area contributed by atoms with E-state index in [0.29, 0.717) is 16.6 Å². The molecule has 168 valence electrons. The number of aromatic nitrogens is 3.